The Morgan fingerprint density at radius 3 is 2.39 bits per heavy atom. The first-order chi connectivity index (χ1) is 8.77. The van der Waals surface area contributed by atoms with E-state index in [1.807, 2.05) is 30.3 Å². The van der Waals surface area contributed by atoms with Crippen LogP contribution in [0.5, 0.6) is 0 Å². The topological polar surface area (TPSA) is 49.4 Å². The molecule has 1 atom stereocenters. The minimum atomic E-state index is -0.443. The van der Waals surface area contributed by atoms with Crippen LogP contribution in [0.25, 0.3) is 0 Å². The lowest BCUT2D eigenvalue weighted by Crippen LogP contribution is -2.37. The number of imide groups is 1. The van der Waals surface area contributed by atoms with E-state index in [-0.39, 0.29) is 18.0 Å². The molecule has 0 radical (unpaired) electrons. The molecule has 1 aliphatic heterocycles. The van der Waals surface area contributed by atoms with Crippen molar-refractivity contribution >= 4 is 11.9 Å². The molecule has 2 fully saturated rings. The molecular formula is C14H16N2O2. The van der Waals surface area contributed by atoms with Crippen molar-refractivity contribution in [3.05, 3.63) is 35.9 Å². The van der Waals surface area contributed by atoms with Gasteiger partial charge in [-0.1, -0.05) is 43.2 Å². The fraction of sp³-hybridized carbons (Fsp3) is 0.429. The summed E-state index contributed by atoms with van der Waals surface area (Å²) in [7, 11) is 0. The van der Waals surface area contributed by atoms with Gasteiger partial charge in [0.15, 0.2) is 0 Å². The van der Waals surface area contributed by atoms with Crippen LogP contribution in [0.3, 0.4) is 0 Å². The molecule has 1 saturated carbocycles. The van der Waals surface area contributed by atoms with E-state index in [2.05, 4.69) is 5.32 Å². The largest absolute Gasteiger partial charge is 0.325 e. The number of amides is 3. The third-order valence-corrected chi connectivity index (χ3v) is 3.82. The summed E-state index contributed by atoms with van der Waals surface area (Å²) in [6.07, 6.45) is 4.29. The second kappa shape index (κ2) is 4.44. The van der Waals surface area contributed by atoms with Gasteiger partial charge in [0.05, 0.1) is 0 Å². The number of carbonyl (C=O) groups excluding carboxylic acids is 2. The molecule has 18 heavy (non-hydrogen) atoms. The Morgan fingerprint density at radius 1 is 1.06 bits per heavy atom. The molecule has 1 aliphatic carbocycles. The minimum absolute atomic E-state index is 0.196. The first-order valence-electron chi connectivity index (χ1n) is 6.45. The summed E-state index contributed by atoms with van der Waals surface area (Å²) in [6, 6.07) is 9.06. The van der Waals surface area contributed by atoms with Crippen LogP contribution in [-0.2, 0) is 4.79 Å². The lowest BCUT2D eigenvalue weighted by Gasteiger charge is -2.28. The number of benzene rings is 1. The predicted octanol–water partition coefficient (Wildman–Crippen LogP) is 2.22. The molecule has 1 aromatic rings. The number of nitrogens with zero attached hydrogens (tertiary/aromatic N) is 1. The Bertz CT molecular complexity index is 466. The van der Waals surface area contributed by atoms with Gasteiger partial charge in [-0.15, -0.1) is 0 Å². The van der Waals surface area contributed by atoms with Gasteiger partial charge >= 0.3 is 6.03 Å². The first kappa shape index (κ1) is 11.3. The molecule has 4 nitrogen and oxygen atoms in total. The van der Waals surface area contributed by atoms with E-state index in [0.29, 0.717) is 0 Å². The molecular weight excluding hydrogens is 228 g/mol. The quantitative estimate of drug-likeness (QED) is 0.811. The summed E-state index contributed by atoms with van der Waals surface area (Å²) in [5.41, 5.74) is 0.896. The van der Waals surface area contributed by atoms with E-state index >= 15 is 0 Å². The number of carbonyl (C=O) groups is 2. The summed E-state index contributed by atoms with van der Waals surface area (Å²) in [5.74, 6) is -0.196. The third-order valence-electron chi connectivity index (χ3n) is 3.82. The third kappa shape index (κ3) is 1.78. The zero-order chi connectivity index (χ0) is 12.5. The highest BCUT2D eigenvalue weighted by atomic mass is 16.2. The van der Waals surface area contributed by atoms with Crippen molar-refractivity contribution in [2.24, 2.45) is 0 Å². The lowest BCUT2D eigenvalue weighted by molar-refractivity contribution is -0.122. The van der Waals surface area contributed by atoms with Crippen LogP contribution in [0, 0.1) is 0 Å². The number of urea groups is 1. The van der Waals surface area contributed by atoms with E-state index in [4.69, 9.17) is 0 Å². The van der Waals surface area contributed by atoms with Crippen molar-refractivity contribution in [3.8, 4) is 0 Å². The highest BCUT2D eigenvalue weighted by molar-refractivity contribution is 6.04. The lowest BCUT2D eigenvalue weighted by atomic mass is 10.0. The van der Waals surface area contributed by atoms with Crippen molar-refractivity contribution < 1.29 is 9.59 Å². The maximum Gasteiger partial charge on any atom is 0.325 e. The summed E-state index contributed by atoms with van der Waals surface area (Å²) < 4.78 is 0. The smallest absolute Gasteiger partial charge is 0.305 e. The normalized spacial score (nSPS) is 24.7. The van der Waals surface area contributed by atoms with Crippen LogP contribution in [0.1, 0.15) is 37.3 Å². The van der Waals surface area contributed by atoms with Crippen molar-refractivity contribution in [3.63, 3.8) is 0 Å². The first-order valence-corrected chi connectivity index (χ1v) is 6.45. The molecule has 1 aromatic carbocycles. The number of hydrogen-bond acceptors (Lipinski definition) is 2. The summed E-state index contributed by atoms with van der Waals surface area (Å²) in [4.78, 5) is 25.7. The zero-order valence-corrected chi connectivity index (χ0v) is 10.1. The second-order valence-corrected chi connectivity index (χ2v) is 4.95. The van der Waals surface area contributed by atoms with Crippen molar-refractivity contribution in [2.45, 2.75) is 37.8 Å². The van der Waals surface area contributed by atoms with Crippen molar-refractivity contribution in [1.29, 1.82) is 0 Å². The Labute approximate surface area is 106 Å². The standard InChI is InChI=1S/C14H16N2O2/c17-13-12(10-6-2-1-3-7-10)16(14(18)15-13)11-8-4-5-9-11/h1-3,6-7,11-12H,4-5,8-9H2,(H,15,17,18). The SMILES string of the molecule is O=C1NC(=O)N(C2CCCC2)C1c1ccccc1. The highest BCUT2D eigenvalue weighted by Gasteiger charge is 2.43. The molecule has 0 aromatic heterocycles. The van der Waals surface area contributed by atoms with Crippen molar-refractivity contribution in [1.82, 2.24) is 10.2 Å². The maximum absolute atomic E-state index is 12.0. The van der Waals surface area contributed by atoms with Gasteiger partial charge in [-0.25, -0.2) is 4.79 Å². The van der Waals surface area contributed by atoms with E-state index < -0.39 is 6.04 Å². The average Bonchev–Trinajstić information content (AvgIpc) is 2.97. The van der Waals surface area contributed by atoms with Gasteiger partial charge in [-0.2, -0.15) is 0 Å². The molecule has 1 unspecified atom stereocenters. The zero-order valence-electron chi connectivity index (χ0n) is 10.1. The van der Waals surface area contributed by atoms with E-state index in [1.54, 1.807) is 4.90 Å². The van der Waals surface area contributed by atoms with E-state index in [1.165, 1.54) is 0 Å². The van der Waals surface area contributed by atoms with Gasteiger partial charge < -0.3 is 4.90 Å². The number of nitrogens with one attached hydrogen (secondary N) is 1. The van der Waals surface area contributed by atoms with Gasteiger partial charge in [0.25, 0.3) is 5.91 Å². The highest BCUT2D eigenvalue weighted by Crippen LogP contribution is 2.34. The second-order valence-electron chi connectivity index (χ2n) is 4.95. The Balaban J connectivity index is 1.94. The number of hydrogen-bond donors (Lipinski definition) is 1. The Kier molecular flexibility index (Phi) is 2.78. The van der Waals surface area contributed by atoms with E-state index in [9.17, 15) is 9.59 Å². The van der Waals surface area contributed by atoms with Crippen LogP contribution < -0.4 is 5.32 Å². The summed E-state index contributed by atoms with van der Waals surface area (Å²) in [5, 5.41) is 2.44. The molecule has 3 amide bonds. The van der Waals surface area contributed by atoms with Crippen LogP contribution in [0.2, 0.25) is 0 Å². The predicted molar refractivity (Wildman–Crippen MR) is 66.8 cm³/mol. The van der Waals surface area contributed by atoms with Crippen LogP contribution in [-0.4, -0.2) is 22.9 Å². The molecule has 1 saturated heterocycles. The van der Waals surface area contributed by atoms with Gasteiger partial charge in [0, 0.05) is 6.04 Å². The van der Waals surface area contributed by atoms with Gasteiger partial charge in [-0.3, -0.25) is 10.1 Å². The summed E-state index contributed by atoms with van der Waals surface area (Å²) in [6.45, 7) is 0. The van der Waals surface area contributed by atoms with Crippen LogP contribution in [0.4, 0.5) is 4.79 Å². The molecule has 2 aliphatic rings. The molecule has 3 rings (SSSR count). The van der Waals surface area contributed by atoms with Crippen LogP contribution >= 0.6 is 0 Å². The average molecular weight is 244 g/mol. The molecule has 4 heteroatoms. The molecule has 0 spiro atoms. The van der Waals surface area contributed by atoms with Crippen molar-refractivity contribution in [2.75, 3.05) is 0 Å². The van der Waals surface area contributed by atoms with Gasteiger partial charge in [0.1, 0.15) is 6.04 Å². The molecule has 94 valence electrons. The van der Waals surface area contributed by atoms with E-state index in [0.717, 1.165) is 31.2 Å². The monoisotopic (exact) mass is 244 g/mol. The maximum atomic E-state index is 12.0. The molecule has 1 heterocycles. The van der Waals surface area contributed by atoms with Gasteiger partial charge in [0.2, 0.25) is 0 Å². The Hall–Kier alpha value is -1.84. The van der Waals surface area contributed by atoms with Gasteiger partial charge in [-0.05, 0) is 18.4 Å². The fourth-order valence-corrected chi connectivity index (χ4v) is 2.99. The molecule has 0 bridgehead atoms. The minimum Gasteiger partial charge on any atom is -0.305 e. The number of rotatable bonds is 2. The Morgan fingerprint density at radius 2 is 1.72 bits per heavy atom. The summed E-state index contributed by atoms with van der Waals surface area (Å²) >= 11 is 0. The van der Waals surface area contributed by atoms with Crippen LogP contribution in [0.15, 0.2) is 30.3 Å². The molecule has 1 N–H and O–H groups in total. The fourth-order valence-electron chi connectivity index (χ4n) is 2.99.